The molecular formula is C11H19NOS. The van der Waals surface area contributed by atoms with Crippen LogP contribution in [0.1, 0.15) is 28.7 Å². The molecule has 80 valence electrons. The molecule has 0 amide bonds. The summed E-state index contributed by atoms with van der Waals surface area (Å²) in [5.74, 6) is 0. The molecule has 1 aromatic rings. The molecule has 0 saturated heterocycles. The second kappa shape index (κ2) is 5.49. The van der Waals surface area contributed by atoms with E-state index < -0.39 is 0 Å². The Balaban J connectivity index is 2.28. The Morgan fingerprint density at radius 2 is 2.21 bits per heavy atom. The van der Waals surface area contributed by atoms with Gasteiger partial charge in [-0.1, -0.05) is 0 Å². The third-order valence-corrected chi connectivity index (χ3v) is 3.21. The van der Waals surface area contributed by atoms with Crippen LogP contribution in [0.25, 0.3) is 0 Å². The molecule has 0 bridgehead atoms. The fraction of sp³-hybridized carbons (Fsp3) is 0.636. The molecule has 2 N–H and O–H groups in total. The Morgan fingerprint density at radius 3 is 2.71 bits per heavy atom. The zero-order chi connectivity index (χ0) is 10.6. The predicted molar refractivity (Wildman–Crippen MR) is 61.8 cm³/mol. The number of aliphatic hydroxyl groups is 1. The number of nitrogens with one attached hydrogen (secondary N) is 1. The van der Waals surface area contributed by atoms with E-state index >= 15 is 0 Å². The van der Waals surface area contributed by atoms with Gasteiger partial charge in [-0.2, -0.15) is 0 Å². The first kappa shape index (κ1) is 11.7. The number of rotatable bonds is 5. The van der Waals surface area contributed by atoms with Gasteiger partial charge in [0.1, 0.15) is 0 Å². The predicted octanol–water partition coefficient (Wildman–Crippen LogP) is 2.23. The third kappa shape index (κ3) is 3.78. The summed E-state index contributed by atoms with van der Waals surface area (Å²) >= 11 is 1.84. The number of hydrogen-bond donors (Lipinski definition) is 2. The van der Waals surface area contributed by atoms with Gasteiger partial charge in [0.15, 0.2) is 0 Å². The van der Waals surface area contributed by atoms with Crippen molar-refractivity contribution >= 4 is 11.3 Å². The molecule has 1 unspecified atom stereocenters. The molecule has 0 aliphatic heterocycles. The summed E-state index contributed by atoms with van der Waals surface area (Å²) in [4.78, 5) is 2.77. The molecular weight excluding hydrogens is 194 g/mol. The number of aliphatic hydroxyl groups excluding tert-OH is 1. The minimum absolute atomic E-state index is 0.201. The van der Waals surface area contributed by atoms with Gasteiger partial charge in [-0.25, -0.2) is 0 Å². The number of hydrogen-bond acceptors (Lipinski definition) is 3. The lowest BCUT2D eigenvalue weighted by Gasteiger charge is -2.05. The van der Waals surface area contributed by atoms with Crippen LogP contribution in [-0.2, 0) is 6.54 Å². The number of thiophene rings is 1. The van der Waals surface area contributed by atoms with Crippen molar-refractivity contribution in [3.05, 3.63) is 21.4 Å². The van der Waals surface area contributed by atoms with Crippen molar-refractivity contribution in [2.75, 3.05) is 6.54 Å². The zero-order valence-corrected chi connectivity index (χ0v) is 9.95. The topological polar surface area (TPSA) is 32.3 Å². The molecule has 2 nitrogen and oxygen atoms in total. The molecule has 0 aliphatic carbocycles. The van der Waals surface area contributed by atoms with Crippen molar-refractivity contribution in [2.24, 2.45) is 0 Å². The van der Waals surface area contributed by atoms with E-state index in [1.54, 1.807) is 0 Å². The van der Waals surface area contributed by atoms with Gasteiger partial charge >= 0.3 is 0 Å². The van der Waals surface area contributed by atoms with E-state index in [0.717, 1.165) is 19.5 Å². The van der Waals surface area contributed by atoms with Crippen molar-refractivity contribution < 1.29 is 5.11 Å². The van der Waals surface area contributed by atoms with E-state index in [9.17, 15) is 0 Å². The Morgan fingerprint density at radius 1 is 1.50 bits per heavy atom. The summed E-state index contributed by atoms with van der Waals surface area (Å²) in [7, 11) is 0. The van der Waals surface area contributed by atoms with Crippen molar-refractivity contribution in [2.45, 2.75) is 39.8 Å². The van der Waals surface area contributed by atoms with Gasteiger partial charge in [-0.3, -0.25) is 0 Å². The summed E-state index contributed by atoms with van der Waals surface area (Å²) in [6.45, 7) is 7.91. The maximum atomic E-state index is 9.07. The fourth-order valence-electron chi connectivity index (χ4n) is 1.39. The third-order valence-electron chi connectivity index (χ3n) is 2.20. The van der Waals surface area contributed by atoms with Crippen LogP contribution in [0.2, 0.25) is 0 Å². The molecule has 0 aromatic carbocycles. The lowest BCUT2D eigenvalue weighted by atomic mass is 10.2. The first-order valence-corrected chi connectivity index (χ1v) is 5.86. The monoisotopic (exact) mass is 213 g/mol. The highest BCUT2D eigenvalue weighted by Gasteiger charge is 2.02. The van der Waals surface area contributed by atoms with Crippen LogP contribution in [0.4, 0.5) is 0 Å². The summed E-state index contributed by atoms with van der Waals surface area (Å²) in [6.07, 6.45) is 0.620. The average Bonchev–Trinajstić information content (AvgIpc) is 2.39. The summed E-state index contributed by atoms with van der Waals surface area (Å²) < 4.78 is 0. The van der Waals surface area contributed by atoms with Crippen molar-refractivity contribution in [1.82, 2.24) is 5.32 Å². The molecule has 0 aliphatic rings. The average molecular weight is 213 g/mol. The van der Waals surface area contributed by atoms with E-state index in [4.69, 9.17) is 5.11 Å². The smallest absolute Gasteiger partial charge is 0.0524 e. The van der Waals surface area contributed by atoms with Gasteiger partial charge in [0, 0.05) is 16.3 Å². The first-order valence-electron chi connectivity index (χ1n) is 5.04. The van der Waals surface area contributed by atoms with Crippen LogP contribution in [-0.4, -0.2) is 17.8 Å². The van der Waals surface area contributed by atoms with Crippen molar-refractivity contribution in [3.8, 4) is 0 Å². The largest absolute Gasteiger partial charge is 0.393 e. The Bertz CT molecular complexity index is 281. The zero-order valence-electron chi connectivity index (χ0n) is 9.13. The summed E-state index contributed by atoms with van der Waals surface area (Å²) in [6, 6.07) is 2.23. The van der Waals surface area contributed by atoms with Crippen LogP contribution in [0.15, 0.2) is 6.07 Å². The van der Waals surface area contributed by atoms with E-state index in [1.807, 2.05) is 18.3 Å². The molecule has 0 spiro atoms. The molecule has 1 heterocycles. The van der Waals surface area contributed by atoms with Crippen LogP contribution in [0.3, 0.4) is 0 Å². The SMILES string of the molecule is Cc1cc(CNCCC(C)O)c(C)s1. The first-order chi connectivity index (χ1) is 6.59. The molecule has 14 heavy (non-hydrogen) atoms. The highest BCUT2D eigenvalue weighted by Crippen LogP contribution is 2.20. The quantitative estimate of drug-likeness (QED) is 0.735. The summed E-state index contributed by atoms with van der Waals surface area (Å²) in [5.41, 5.74) is 1.39. The van der Waals surface area contributed by atoms with Gasteiger partial charge in [0.2, 0.25) is 0 Å². The fourth-order valence-corrected chi connectivity index (χ4v) is 2.34. The lowest BCUT2D eigenvalue weighted by Crippen LogP contribution is -2.18. The second-order valence-electron chi connectivity index (χ2n) is 3.75. The molecule has 1 atom stereocenters. The minimum atomic E-state index is -0.201. The van der Waals surface area contributed by atoms with Crippen LogP contribution in [0.5, 0.6) is 0 Å². The van der Waals surface area contributed by atoms with Crippen LogP contribution < -0.4 is 5.32 Å². The molecule has 1 aromatic heterocycles. The molecule has 0 fully saturated rings. The van der Waals surface area contributed by atoms with Gasteiger partial charge in [-0.05, 0) is 45.4 Å². The Hall–Kier alpha value is -0.380. The van der Waals surface area contributed by atoms with E-state index in [2.05, 4.69) is 25.2 Å². The van der Waals surface area contributed by atoms with Crippen molar-refractivity contribution in [3.63, 3.8) is 0 Å². The maximum absolute atomic E-state index is 9.07. The highest BCUT2D eigenvalue weighted by atomic mass is 32.1. The molecule has 1 rings (SSSR count). The van der Waals surface area contributed by atoms with Crippen LogP contribution >= 0.6 is 11.3 Å². The van der Waals surface area contributed by atoms with Crippen LogP contribution in [0, 0.1) is 13.8 Å². The normalized spacial score (nSPS) is 13.1. The molecule has 3 heteroatoms. The van der Waals surface area contributed by atoms with Gasteiger partial charge < -0.3 is 10.4 Å². The Kier molecular flexibility index (Phi) is 4.58. The standard InChI is InChI=1S/C11H19NOS/c1-8(13)4-5-12-7-11-6-9(2)14-10(11)3/h6,8,12-13H,4-5,7H2,1-3H3. The van der Waals surface area contributed by atoms with E-state index in [-0.39, 0.29) is 6.10 Å². The van der Waals surface area contributed by atoms with E-state index in [0.29, 0.717) is 0 Å². The Labute approximate surface area is 90.0 Å². The minimum Gasteiger partial charge on any atom is -0.393 e. The van der Waals surface area contributed by atoms with E-state index in [1.165, 1.54) is 15.3 Å². The highest BCUT2D eigenvalue weighted by molar-refractivity contribution is 7.12. The molecule has 0 saturated carbocycles. The second-order valence-corrected chi connectivity index (χ2v) is 5.21. The van der Waals surface area contributed by atoms with Gasteiger partial charge in [-0.15, -0.1) is 11.3 Å². The molecule has 0 radical (unpaired) electrons. The lowest BCUT2D eigenvalue weighted by molar-refractivity contribution is 0.183. The van der Waals surface area contributed by atoms with Gasteiger partial charge in [0.25, 0.3) is 0 Å². The van der Waals surface area contributed by atoms with Crippen molar-refractivity contribution in [1.29, 1.82) is 0 Å². The van der Waals surface area contributed by atoms with Gasteiger partial charge in [0.05, 0.1) is 6.10 Å². The maximum Gasteiger partial charge on any atom is 0.0524 e. The number of aryl methyl sites for hydroxylation is 2. The summed E-state index contributed by atoms with van der Waals surface area (Å²) in [5, 5.41) is 12.4.